The van der Waals surface area contributed by atoms with E-state index in [0.29, 0.717) is 43.9 Å². The zero-order valence-corrected chi connectivity index (χ0v) is 20.3. The average Bonchev–Trinajstić information content (AvgIpc) is 2.71. The highest BCUT2D eigenvalue weighted by Gasteiger charge is 2.38. The van der Waals surface area contributed by atoms with Gasteiger partial charge in [-0.3, -0.25) is 24.2 Å². The molecule has 1 rings (SSSR count). The summed E-state index contributed by atoms with van der Waals surface area (Å²) in [5.41, 5.74) is 3.00. The van der Waals surface area contributed by atoms with Crippen molar-refractivity contribution in [3.8, 4) is 0 Å². The Kier molecular flexibility index (Phi) is 12.1. The lowest BCUT2D eigenvalue weighted by Crippen LogP contribution is -2.61. The van der Waals surface area contributed by atoms with E-state index in [0.717, 1.165) is 6.42 Å². The number of nitrogens with one attached hydrogen (secondary N) is 2. The van der Waals surface area contributed by atoms with E-state index < -0.39 is 24.0 Å². The third kappa shape index (κ3) is 9.19. The number of aliphatic carboxylic acids is 1. The maximum absolute atomic E-state index is 13.2. The molecule has 0 aromatic rings. The van der Waals surface area contributed by atoms with Crippen LogP contribution in [0.4, 0.5) is 0 Å². The molecule has 2 amide bonds. The van der Waals surface area contributed by atoms with Crippen LogP contribution in [0.15, 0.2) is 0 Å². The molecule has 9 heteroatoms. The van der Waals surface area contributed by atoms with Gasteiger partial charge in [0.15, 0.2) is 5.78 Å². The minimum Gasteiger partial charge on any atom is -0.481 e. The minimum atomic E-state index is -1.03. The molecular weight excluding hydrogens is 418 g/mol. The first-order valence-electron chi connectivity index (χ1n) is 11.2. The zero-order chi connectivity index (χ0) is 23.6. The predicted molar refractivity (Wildman–Crippen MR) is 122 cm³/mol. The Morgan fingerprint density at radius 3 is 2.39 bits per heavy atom. The summed E-state index contributed by atoms with van der Waals surface area (Å²) in [4.78, 5) is 50.2. The number of rotatable bonds is 13. The largest absolute Gasteiger partial charge is 0.481 e. The minimum absolute atomic E-state index is 0.0139. The highest BCUT2D eigenvalue weighted by molar-refractivity contribution is 7.98. The quantitative estimate of drug-likeness (QED) is 0.389. The average molecular weight is 458 g/mol. The number of Topliss-reactive ketones (excluding diaryl/α,β-unsaturated/α-hetero) is 1. The van der Waals surface area contributed by atoms with Gasteiger partial charge in [-0.25, -0.2) is 5.43 Å². The van der Waals surface area contributed by atoms with Crippen molar-refractivity contribution < 1.29 is 24.3 Å². The van der Waals surface area contributed by atoms with Gasteiger partial charge in [-0.05, 0) is 43.1 Å². The standard InChI is InChI=1S/C22H39N3O5S/c1-14(2)8-9-16(13-19(27)28)22(30)25-17(7-6-11-23-25)21(29)24-20(15(3)4)18(26)10-12-31-5/h14-17,20,23H,6-13H2,1-5H3,(H,24,29)(H,27,28). The fraction of sp³-hybridized carbons (Fsp3) is 0.818. The topological polar surface area (TPSA) is 116 Å². The lowest BCUT2D eigenvalue weighted by atomic mass is 9.93. The number of hydrogen-bond acceptors (Lipinski definition) is 6. The SMILES string of the molecule is CSCCC(=O)C(NC(=O)C1CCCNN1C(=O)C(CCC(C)C)CC(=O)O)C(C)C. The van der Waals surface area contributed by atoms with Gasteiger partial charge < -0.3 is 10.4 Å². The highest BCUT2D eigenvalue weighted by atomic mass is 32.2. The van der Waals surface area contributed by atoms with Crippen molar-refractivity contribution in [3.05, 3.63) is 0 Å². The van der Waals surface area contributed by atoms with Crippen molar-refractivity contribution in [1.82, 2.24) is 15.8 Å². The maximum atomic E-state index is 13.2. The summed E-state index contributed by atoms with van der Waals surface area (Å²) in [5.74, 6) is -1.49. The number of carbonyl (C=O) groups is 4. The molecule has 8 nitrogen and oxygen atoms in total. The number of hydrazine groups is 1. The number of carbonyl (C=O) groups excluding carboxylic acids is 3. The monoisotopic (exact) mass is 457 g/mol. The van der Waals surface area contributed by atoms with Gasteiger partial charge >= 0.3 is 5.97 Å². The molecule has 1 fully saturated rings. The van der Waals surface area contributed by atoms with Crippen molar-refractivity contribution >= 4 is 35.3 Å². The van der Waals surface area contributed by atoms with E-state index in [2.05, 4.69) is 10.7 Å². The van der Waals surface area contributed by atoms with Crippen molar-refractivity contribution in [1.29, 1.82) is 0 Å². The second-order valence-corrected chi connectivity index (χ2v) is 9.97. The summed E-state index contributed by atoms with van der Waals surface area (Å²) < 4.78 is 0. The molecule has 1 saturated heterocycles. The van der Waals surface area contributed by atoms with Gasteiger partial charge in [0.1, 0.15) is 6.04 Å². The number of carboxylic acid groups (broad SMARTS) is 1. The fourth-order valence-corrected chi connectivity index (χ4v) is 4.10. The van der Waals surface area contributed by atoms with E-state index in [-0.39, 0.29) is 29.9 Å². The van der Waals surface area contributed by atoms with E-state index >= 15 is 0 Å². The van der Waals surface area contributed by atoms with Crippen molar-refractivity contribution in [2.24, 2.45) is 17.8 Å². The first kappa shape index (κ1) is 27.4. The number of nitrogens with zero attached hydrogens (tertiary/aromatic N) is 1. The molecule has 0 spiro atoms. The number of amides is 2. The molecule has 0 aromatic carbocycles. The Bertz CT molecular complexity index is 626. The molecule has 3 unspecified atom stereocenters. The van der Waals surface area contributed by atoms with Crippen LogP contribution in [0.25, 0.3) is 0 Å². The molecule has 0 radical (unpaired) electrons. The first-order chi connectivity index (χ1) is 14.6. The van der Waals surface area contributed by atoms with Crippen LogP contribution in [0.3, 0.4) is 0 Å². The van der Waals surface area contributed by atoms with Gasteiger partial charge in [-0.15, -0.1) is 0 Å². The summed E-state index contributed by atoms with van der Waals surface area (Å²) in [5, 5.41) is 13.5. The van der Waals surface area contributed by atoms with Gasteiger partial charge in [0.25, 0.3) is 0 Å². The smallest absolute Gasteiger partial charge is 0.304 e. The third-order valence-corrected chi connectivity index (χ3v) is 6.13. The second kappa shape index (κ2) is 13.7. The van der Waals surface area contributed by atoms with Crippen LogP contribution in [0.1, 0.15) is 66.2 Å². The fourth-order valence-electron chi connectivity index (χ4n) is 3.70. The van der Waals surface area contributed by atoms with E-state index in [4.69, 9.17) is 0 Å². The van der Waals surface area contributed by atoms with E-state index in [1.165, 1.54) is 5.01 Å². The number of thioether (sulfide) groups is 1. The molecule has 3 N–H and O–H groups in total. The van der Waals surface area contributed by atoms with Crippen LogP contribution >= 0.6 is 11.8 Å². The van der Waals surface area contributed by atoms with Gasteiger partial charge in [0.2, 0.25) is 11.8 Å². The molecule has 0 bridgehead atoms. The molecular formula is C22H39N3O5S. The summed E-state index contributed by atoms with van der Waals surface area (Å²) in [6.07, 6.45) is 4.42. The lowest BCUT2D eigenvalue weighted by molar-refractivity contribution is -0.153. The Hall–Kier alpha value is -1.61. The molecule has 1 aliphatic rings. The van der Waals surface area contributed by atoms with Gasteiger partial charge in [0.05, 0.1) is 12.5 Å². The number of hydrogen-bond donors (Lipinski definition) is 3. The van der Waals surface area contributed by atoms with E-state index in [1.54, 1.807) is 11.8 Å². The number of ketones is 1. The predicted octanol–water partition coefficient (Wildman–Crippen LogP) is 2.47. The molecule has 1 aliphatic heterocycles. The molecule has 3 atom stereocenters. The number of carboxylic acids is 1. The van der Waals surface area contributed by atoms with Gasteiger partial charge in [-0.2, -0.15) is 11.8 Å². The molecule has 178 valence electrons. The summed E-state index contributed by atoms with van der Waals surface area (Å²) in [6.45, 7) is 8.37. The van der Waals surface area contributed by atoms with Crippen LogP contribution in [-0.2, 0) is 19.2 Å². The van der Waals surface area contributed by atoms with Crippen molar-refractivity contribution in [2.45, 2.75) is 78.3 Å². The van der Waals surface area contributed by atoms with Gasteiger partial charge in [-0.1, -0.05) is 34.1 Å². The summed E-state index contributed by atoms with van der Waals surface area (Å²) in [7, 11) is 0. The first-order valence-corrected chi connectivity index (χ1v) is 12.6. The molecule has 31 heavy (non-hydrogen) atoms. The Morgan fingerprint density at radius 2 is 1.84 bits per heavy atom. The van der Waals surface area contributed by atoms with Gasteiger partial charge in [0, 0.05) is 18.9 Å². The van der Waals surface area contributed by atoms with Crippen LogP contribution in [0.5, 0.6) is 0 Å². The molecule has 0 aliphatic carbocycles. The summed E-state index contributed by atoms with van der Waals surface area (Å²) in [6, 6.07) is -1.36. The normalized spacial score (nSPS) is 18.7. The Balaban J connectivity index is 2.96. The Morgan fingerprint density at radius 1 is 1.16 bits per heavy atom. The second-order valence-electron chi connectivity index (χ2n) is 8.98. The zero-order valence-electron chi connectivity index (χ0n) is 19.5. The van der Waals surface area contributed by atoms with E-state index in [1.807, 2.05) is 34.0 Å². The van der Waals surface area contributed by atoms with Crippen LogP contribution < -0.4 is 10.7 Å². The van der Waals surface area contributed by atoms with Crippen molar-refractivity contribution in [2.75, 3.05) is 18.6 Å². The van der Waals surface area contributed by atoms with Crippen LogP contribution in [0, 0.1) is 17.8 Å². The summed E-state index contributed by atoms with van der Waals surface area (Å²) >= 11 is 1.58. The van der Waals surface area contributed by atoms with Crippen molar-refractivity contribution in [3.63, 3.8) is 0 Å². The molecule has 0 saturated carbocycles. The highest BCUT2D eigenvalue weighted by Crippen LogP contribution is 2.22. The van der Waals surface area contributed by atoms with Crippen LogP contribution in [0.2, 0.25) is 0 Å². The van der Waals surface area contributed by atoms with E-state index in [9.17, 15) is 24.3 Å². The Labute approximate surface area is 190 Å². The third-order valence-electron chi connectivity index (χ3n) is 5.51. The molecule has 1 heterocycles. The molecule has 0 aromatic heterocycles. The van der Waals surface area contributed by atoms with Crippen LogP contribution in [-0.4, -0.2) is 64.3 Å². The lowest BCUT2D eigenvalue weighted by Gasteiger charge is -2.38. The maximum Gasteiger partial charge on any atom is 0.304 e.